The highest BCUT2D eigenvalue weighted by molar-refractivity contribution is 5.69. The summed E-state index contributed by atoms with van der Waals surface area (Å²) in [7, 11) is 0. The van der Waals surface area contributed by atoms with Gasteiger partial charge in [0.1, 0.15) is 0 Å². The van der Waals surface area contributed by atoms with E-state index in [0.29, 0.717) is 31.6 Å². The number of allylic oxidation sites excluding steroid dienone is 4. The van der Waals surface area contributed by atoms with Gasteiger partial charge >= 0.3 is 5.97 Å². The number of hydrogen-bond donors (Lipinski definition) is 0. The summed E-state index contributed by atoms with van der Waals surface area (Å²) in [5, 5.41) is 11.1. The van der Waals surface area contributed by atoms with Crippen molar-refractivity contribution in [1.82, 2.24) is 0 Å². The fourth-order valence-electron chi connectivity index (χ4n) is 2.54. The van der Waals surface area contributed by atoms with E-state index in [1.54, 1.807) is 13.0 Å². The average Bonchev–Trinajstić information content (AvgIpc) is 2.58. The molecular weight excluding hydrogens is 318 g/mol. The maximum Gasteiger partial charge on any atom is 0.305 e. The lowest BCUT2D eigenvalue weighted by Crippen LogP contribution is -2.03. The predicted octanol–water partition coefficient (Wildman–Crippen LogP) is 5.97. The van der Waals surface area contributed by atoms with Gasteiger partial charge in [0.2, 0.25) is 5.70 Å². The van der Waals surface area contributed by atoms with Crippen molar-refractivity contribution in [3.8, 4) is 0 Å². The molecule has 0 aromatic carbocycles. The van der Waals surface area contributed by atoms with Crippen LogP contribution in [0.1, 0.15) is 90.9 Å². The number of esters is 1. The van der Waals surface area contributed by atoms with Crippen LogP contribution < -0.4 is 0 Å². The van der Waals surface area contributed by atoms with Crippen LogP contribution in [0.2, 0.25) is 0 Å². The van der Waals surface area contributed by atoms with Gasteiger partial charge in [-0.2, -0.15) is 0 Å². The third-order valence-corrected chi connectivity index (χ3v) is 3.98. The van der Waals surface area contributed by atoms with Crippen LogP contribution in [0.5, 0.6) is 0 Å². The second kappa shape index (κ2) is 17.2. The summed E-state index contributed by atoms with van der Waals surface area (Å²) in [5.41, 5.74) is 0.324. The first-order valence-electron chi connectivity index (χ1n) is 9.75. The van der Waals surface area contributed by atoms with E-state index in [9.17, 15) is 14.9 Å². The largest absolute Gasteiger partial charge is 0.466 e. The summed E-state index contributed by atoms with van der Waals surface area (Å²) in [6.45, 7) is 4.42. The highest BCUT2D eigenvalue weighted by atomic mass is 16.6. The summed E-state index contributed by atoms with van der Waals surface area (Å²) in [4.78, 5) is 22.0. The van der Waals surface area contributed by atoms with E-state index < -0.39 is 0 Å². The number of carbonyl (C=O) groups excluding carboxylic acids is 1. The molecule has 0 rings (SSSR count). The molecule has 0 amide bonds. The average molecular weight is 354 g/mol. The summed E-state index contributed by atoms with van der Waals surface area (Å²) < 4.78 is 4.87. The van der Waals surface area contributed by atoms with Crippen molar-refractivity contribution in [2.45, 2.75) is 90.9 Å². The second-order valence-corrected chi connectivity index (χ2v) is 6.23. The lowest BCUT2D eigenvalue weighted by Gasteiger charge is -2.02. The molecule has 0 aliphatic rings. The Morgan fingerprint density at radius 3 is 2.28 bits per heavy atom. The summed E-state index contributed by atoms with van der Waals surface area (Å²) in [6, 6.07) is 0. The molecule has 0 atom stereocenters. The summed E-state index contributed by atoms with van der Waals surface area (Å²) in [5.74, 6) is -0.135. The van der Waals surface area contributed by atoms with Gasteiger partial charge in [0.05, 0.1) is 11.5 Å². The molecule has 0 radical (unpaired) electrons. The quantitative estimate of drug-likeness (QED) is 0.113. The molecule has 0 aromatic heterocycles. The normalized spacial score (nSPS) is 11.8. The Morgan fingerprint density at radius 1 is 0.960 bits per heavy atom. The zero-order chi connectivity index (χ0) is 18.8. The standard InChI is InChI=1S/C20H35NO4/c1-3-5-6-7-8-10-13-16-19(21(23)24)17-14-11-9-12-15-18-20(22)25-4-2/h8,10,16H,3-7,9,11-15,17-18H2,1-2H3/b10-8-,19-16+. The molecule has 0 saturated heterocycles. The minimum atomic E-state index is -0.258. The zero-order valence-electron chi connectivity index (χ0n) is 16.0. The van der Waals surface area contributed by atoms with Crippen molar-refractivity contribution in [1.29, 1.82) is 0 Å². The third kappa shape index (κ3) is 15.6. The van der Waals surface area contributed by atoms with Gasteiger partial charge in [-0.15, -0.1) is 0 Å². The predicted molar refractivity (Wildman–Crippen MR) is 102 cm³/mol. The minimum Gasteiger partial charge on any atom is -0.466 e. The molecular formula is C20H35NO4. The number of rotatable bonds is 16. The summed E-state index contributed by atoms with van der Waals surface area (Å²) >= 11 is 0. The van der Waals surface area contributed by atoms with Crippen LogP contribution in [0.4, 0.5) is 0 Å². The minimum absolute atomic E-state index is 0.135. The molecule has 0 aromatic rings. The maximum atomic E-state index is 11.2. The Morgan fingerprint density at radius 2 is 1.64 bits per heavy atom. The second-order valence-electron chi connectivity index (χ2n) is 6.23. The zero-order valence-corrected chi connectivity index (χ0v) is 16.0. The number of ether oxygens (including phenoxy) is 1. The molecule has 0 heterocycles. The van der Waals surface area contributed by atoms with Crippen LogP contribution in [-0.2, 0) is 9.53 Å². The molecule has 0 fully saturated rings. The fraction of sp³-hybridized carbons (Fsp3) is 0.750. The van der Waals surface area contributed by atoms with E-state index in [0.717, 1.165) is 38.5 Å². The van der Waals surface area contributed by atoms with Gasteiger partial charge in [-0.1, -0.05) is 51.2 Å². The molecule has 5 heteroatoms. The number of unbranched alkanes of at least 4 members (excludes halogenated alkanes) is 7. The first-order valence-corrected chi connectivity index (χ1v) is 9.75. The van der Waals surface area contributed by atoms with E-state index in [1.165, 1.54) is 19.3 Å². The van der Waals surface area contributed by atoms with Gasteiger partial charge in [0.25, 0.3) is 0 Å². The lowest BCUT2D eigenvalue weighted by molar-refractivity contribution is -0.428. The molecule has 144 valence electrons. The summed E-state index contributed by atoms with van der Waals surface area (Å²) in [6.07, 6.45) is 16.8. The smallest absolute Gasteiger partial charge is 0.305 e. The molecule has 0 saturated carbocycles. The molecule has 5 nitrogen and oxygen atoms in total. The van der Waals surface area contributed by atoms with E-state index in [1.807, 2.05) is 6.08 Å². The van der Waals surface area contributed by atoms with E-state index >= 15 is 0 Å². The van der Waals surface area contributed by atoms with Crippen LogP contribution in [0.25, 0.3) is 0 Å². The molecule has 0 unspecified atom stereocenters. The van der Waals surface area contributed by atoms with Crippen LogP contribution in [0.15, 0.2) is 23.9 Å². The van der Waals surface area contributed by atoms with Crippen molar-refractivity contribution in [2.75, 3.05) is 6.61 Å². The maximum absolute atomic E-state index is 11.2. The molecule has 0 bridgehead atoms. The van der Waals surface area contributed by atoms with Crippen molar-refractivity contribution < 1.29 is 14.5 Å². The van der Waals surface area contributed by atoms with E-state index in [2.05, 4.69) is 13.0 Å². The van der Waals surface area contributed by atoms with Crippen LogP contribution in [0.3, 0.4) is 0 Å². The Labute approximate surface area is 152 Å². The molecule has 0 aliphatic heterocycles. The van der Waals surface area contributed by atoms with Crippen molar-refractivity contribution in [2.24, 2.45) is 0 Å². The van der Waals surface area contributed by atoms with E-state index in [-0.39, 0.29) is 10.9 Å². The Balaban J connectivity index is 3.80. The highest BCUT2D eigenvalue weighted by Crippen LogP contribution is 2.13. The van der Waals surface area contributed by atoms with Gasteiger partial charge in [-0.3, -0.25) is 14.9 Å². The number of nitrogens with zero attached hydrogens (tertiary/aromatic N) is 1. The highest BCUT2D eigenvalue weighted by Gasteiger charge is 2.09. The van der Waals surface area contributed by atoms with Crippen LogP contribution >= 0.6 is 0 Å². The van der Waals surface area contributed by atoms with Crippen LogP contribution in [0, 0.1) is 10.1 Å². The first-order chi connectivity index (χ1) is 12.1. The van der Waals surface area contributed by atoms with Crippen molar-refractivity contribution >= 4 is 5.97 Å². The third-order valence-electron chi connectivity index (χ3n) is 3.98. The molecule has 0 aliphatic carbocycles. The van der Waals surface area contributed by atoms with Gasteiger partial charge in [0, 0.05) is 12.8 Å². The van der Waals surface area contributed by atoms with E-state index in [4.69, 9.17) is 4.74 Å². The topological polar surface area (TPSA) is 69.4 Å². The number of carbonyl (C=O) groups is 1. The lowest BCUT2D eigenvalue weighted by atomic mass is 10.1. The SMILES string of the molecule is CCCCC/C=C\C/C=C(\CCCCCCCC(=O)OCC)[N+](=O)[O-]. The molecule has 0 N–H and O–H groups in total. The van der Waals surface area contributed by atoms with Gasteiger partial charge in [-0.25, -0.2) is 0 Å². The van der Waals surface area contributed by atoms with Gasteiger partial charge in [0.15, 0.2) is 0 Å². The van der Waals surface area contributed by atoms with Crippen molar-refractivity contribution in [3.05, 3.63) is 34.0 Å². The Hall–Kier alpha value is -1.65. The number of hydrogen-bond acceptors (Lipinski definition) is 4. The first kappa shape index (κ1) is 23.4. The molecule has 25 heavy (non-hydrogen) atoms. The Bertz CT molecular complexity index is 416. The monoisotopic (exact) mass is 353 g/mol. The fourth-order valence-corrected chi connectivity index (χ4v) is 2.54. The Kier molecular flexibility index (Phi) is 16.0. The molecule has 0 spiro atoms. The van der Waals surface area contributed by atoms with Gasteiger partial charge in [-0.05, 0) is 45.1 Å². The van der Waals surface area contributed by atoms with Crippen LogP contribution in [-0.4, -0.2) is 17.5 Å². The van der Waals surface area contributed by atoms with Crippen molar-refractivity contribution in [3.63, 3.8) is 0 Å². The van der Waals surface area contributed by atoms with Gasteiger partial charge < -0.3 is 4.74 Å². The number of nitro groups is 1.